The van der Waals surface area contributed by atoms with E-state index in [0.717, 1.165) is 24.2 Å². The monoisotopic (exact) mass is 217 g/mol. The first-order valence-electron chi connectivity index (χ1n) is 5.47. The molecule has 0 fully saturated rings. The van der Waals surface area contributed by atoms with E-state index >= 15 is 0 Å². The summed E-state index contributed by atoms with van der Waals surface area (Å²) in [5.41, 5.74) is 1.66. The van der Waals surface area contributed by atoms with E-state index in [-0.39, 0.29) is 5.91 Å². The van der Waals surface area contributed by atoms with Crippen LogP contribution in [0.15, 0.2) is 30.9 Å². The van der Waals surface area contributed by atoms with Crippen LogP contribution >= 0.6 is 0 Å². The van der Waals surface area contributed by atoms with E-state index in [1.165, 1.54) is 0 Å². The first-order valence-corrected chi connectivity index (χ1v) is 5.47. The summed E-state index contributed by atoms with van der Waals surface area (Å²) in [5.74, 6) is 0.0775. The van der Waals surface area contributed by atoms with Gasteiger partial charge in [-0.15, -0.1) is 0 Å². The summed E-state index contributed by atoms with van der Waals surface area (Å²) in [4.78, 5) is 17.9. The van der Waals surface area contributed by atoms with Gasteiger partial charge in [0.05, 0.1) is 18.0 Å². The molecule has 0 saturated carbocycles. The summed E-state index contributed by atoms with van der Waals surface area (Å²) >= 11 is 0. The van der Waals surface area contributed by atoms with Crippen molar-refractivity contribution in [2.24, 2.45) is 0 Å². The number of rotatable bonds is 3. The first-order chi connectivity index (χ1) is 7.76. The van der Waals surface area contributed by atoms with Gasteiger partial charge in [0.2, 0.25) is 0 Å². The van der Waals surface area contributed by atoms with E-state index in [9.17, 15) is 4.79 Å². The van der Waals surface area contributed by atoms with E-state index < -0.39 is 0 Å². The molecule has 0 aliphatic heterocycles. The van der Waals surface area contributed by atoms with Gasteiger partial charge in [0.15, 0.2) is 0 Å². The predicted octanol–water partition coefficient (Wildman–Crippen LogP) is 1.82. The van der Waals surface area contributed by atoms with Crippen molar-refractivity contribution in [1.29, 1.82) is 0 Å². The van der Waals surface area contributed by atoms with Gasteiger partial charge in [-0.05, 0) is 26.0 Å². The summed E-state index contributed by atoms with van der Waals surface area (Å²) in [7, 11) is 0. The highest BCUT2D eigenvalue weighted by Crippen LogP contribution is 2.09. The number of fused-ring (bicyclic) bond motifs is 1. The van der Waals surface area contributed by atoms with Gasteiger partial charge in [-0.1, -0.05) is 0 Å². The van der Waals surface area contributed by atoms with E-state index in [1.54, 1.807) is 12.5 Å². The van der Waals surface area contributed by atoms with Crippen LogP contribution in [0.1, 0.15) is 24.2 Å². The summed E-state index contributed by atoms with van der Waals surface area (Å²) in [6, 6.07) is 3.70. The Balaban J connectivity index is 2.35. The Hall–Kier alpha value is -1.84. The summed E-state index contributed by atoms with van der Waals surface area (Å²) in [6.45, 7) is 5.44. The second-order valence-electron chi connectivity index (χ2n) is 3.62. The van der Waals surface area contributed by atoms with Gasteiger partial charge in [0, 0.05) is 24.8 Å². The molecule has 2 heterocycles. The number of amides is 1. The number of hydrogen-bond acceptors (Lipinski definition) is 2. The molecule has 0 aliphatic rings. The molecular weight excluding hydrogens is 202 g/mol. The lowest BCUT2D eigenvalue weighted by molar-refractivity contribution is 0.0773. The highest BCUT2D eigenvalue weighted by atomic mass is 16.2. The first kappa shape index (κ1) is 10.7. The Morgan fingerprint density at radius 3 is 2.88 bits per heavy atom. The molecule has 0 radical (unpaired) electrons. The van der Waals surface area contributed by atoms with E-state index in [1.807, 2.05) is 41.5 Å². The standard InChI is InChI=1S/C12H15N3O/c1-3-14(4-2)12(16)10-5-6-15-9-13-8-11(15)7-10/h5-9H,3-4H2,1-2H3. The van der Waals surface area contributed by atoms with Crippen LogP contribution in [-0.2, 0) is 0 Å². The number of pyridine rings is 1. The largest absolute Gasteiger partial charge is 0.339 e. The lowest BCUT2D eigenvalue weighted by Gasteiger charge is -2.18. The van der Waals surface area contributed by atoms with Crippen molar-refractivity contribution in [3.8, 4) is 0 Å². The molecule has 0 aromatic carbocycles. The van der Waals surface area contributed by atoms with Gasteiger partial charge in [-0.3, -0.25) is 4.79 Å². The number of hydrogen-bond donors (Lipinski definition) is 0. The van der Waals surface area contributed by atoms with Gasteiger partial charge in [0.1, 0.15) is 0 Å². The fourth-order valence-electron chi connectivity index (χ4n) is 1.75. The Bertz CT molecular complexity index is 500. The van der Waals surface area contributed by atoms with Crippen LogP contribution in [-0.4, -0.2) is 33.3 Å². The van der Waals surface area contributed by atoms with E-state index in [4.69, 9.17) is 0 Å². The van der Waals surface area contributed by atoms with Gasteiger partial charge >= 0.3 is 0 Å². The van der Waals surface area contributed by atoms with Gasteiger partial charge in [-0.25, -0.2) is 4.98 Å². The Labute approximate surface area is 94.5 Å². The van der Waals surface area contributed by atoms with E-state index in [0.29, 0.717) is 0 Å². The van der Waals surface area contributed by atoms with Gasteiger partial charge in [0.25, 0.3) is 5.91 Å². The van der Waals surface area contributed by atoms with Crippen LogP contribution in [0.25, 0.3) is 5.52 Å². The molecule has 0 saturated heterocycles. The molecule has 2 aromatic heterocycles. The number of nitrogens with zero attached hydrogens (tertiary/aromatic N) is 3. The van der Waals surface area contributed by atoms with Crippen LogP contribution in [0.4, 0.5) is 0 Å². The minimum Gasteiger partial charge on any atom is -0.339 e. The third-order valence-electron chi connectivity index (χ3n) is 2.71. The molecule has 0 bridgehead atoms. The van der Waals surface area contributed by atoms with Crippen molar-refractivity contribution in [3.05, 3.63) is 36.4 Å². The molecule has 1 amide bonds. The second-order valence-corrected chi connectivity index (χ2v) is 3.62. The zero-order valence-electron chi connectivity index (χ0n) is 9.55. The summed E-state index contributed by atoms with van der Waals surface area (Å²) < 4.78 is 1.89. The van der Waals surface area contributed by atoms with Crippen molar-refractivity contribution in [3.63, 3.8) is 0 Å². The molecule has 0 unspecified atom stereocenters. The quantitative estimate of drug-likeness (QED) is 0.786. The zero-order valence-corrected chi connectivity index (χ0v) is 9.55. The summed E-state index contributed by atoms with van der Waals surface area (Å²) in [5, 5.41) is 0. The van der Waals surface area contributed by atoms with Crippen LogP contribution in [0, 0.1) is 0 Å². The maximum absolute atomic E-state index is 12.1. The van der Waals surface area contributed by atoms with Crippen molar-refractivity contribution >= 4 is 11.4 Å². The topological polar surface area (TPSA) is 37.6 Å². The predicted molar refractivity (Wildman–Crippen MR) is 62.4 cm³/mol. The lowest BCUT2D eigenvalue weighted by Crippen LogP contribution is -2.30. The fourth-order valence-corrected chi connectivity index (χ4v) is 1.75. The van der Waals surface area contributed by atoms with Gasteiger partial charge < -0.3 is 9.30 Å². The lowest BCUT2D eigenvalue weighted by atomic mass is 10.2. The van der Waals surface area contributed by atoms with E-state index in [2.05, 4.69) is 4.98 Å². The molecule has 0 aliphatic carbocycles. The smallest absolute Gasteiger partial charge is 0.253 e. The number of carbonyl (C=O) groups excluding carboxylic acids is 1. The van der Waals surface area contributed by atoms with Crippen LogP contribution in [0.2, 0.25) is 0 Å². The Morgan fingerprint density at radius 2 is 2.19 bits per heavy atom. The Morgan fingerprint density at radius 1 is 1.44 bits per heavy atom. The molecule has 0 atom stereocenters. The molecule has 84 valence electrons. The molecule has 4 heteroatoms. The summed E-state index contributed by atoms with van der Waals surface area (Å²) in [6.07, 6.45) is 5.33. The number of imidazole rings is 1. The fraction of sp³-hybridized carbons (Fsp3) is 0.333. The second kappa shape index (κ2) is 4.35. The molecule has 0 spiro atoms. The van der Waals surface area contributed by atoms with Crippen LogP contribution in [0.5, 0.6) is 0 Å². The number of aromatic nitrogens is 2. The minimum absolute atomic E-state index is 0.0775. The maximum Gasteiger partial charge on any atom is 0.253 e. The van der Waals surface area contributed by atoms with Crippen molar-refractivity contribution in [2.45, 2.75) is 13.8 Å². The highest BCUT2D eigenvalue weighted by molar-refractivity contribution is 5.95. The number of carbonyl (C=O) groups is 1. The van der Waals surface area contributed by atoms with Crippen LogP contribution in [0.3, 0.4) is 0 Å². The molecule has 4 nitrogen and oxygen atoms in total. The van der Waals surface area contributed by atoms with Crippen molar-refractivity contribution in [1.82, 2.24) is 14.3 Å². The molecule has 2 aromatic rings. The highest BCUT2D eigenvalue weighted by Gasteiger charge is 2.12. The molecular formula is C12H15N3O. The van der Waals surface area contributed by atoms with Crippen molar-refractivity contribution < 1.29 is 4.79 Å². The van der Waals surface area contributed by atoms with Gasteiger partial charge in [-0.2, -0.15) is 0 Å². The third kappa shape index (κ3) is 1.78. The minimum atomic E-state index is 0.0775. The average Bonchev–Trinajstić information content (AvgIpc) is 2.77. The molecule has 0 N–H and O–H groups in total. The SMILES string of the molecule is CCN(CC)C(=O)c1ccn2cncc2c1. The Kier molecular flexibility index (Phi) is 2.90. The van der Waals surface area contributed by atoms with Crippen LogP contribution < -0.4 is 0 Å². The van der Waals surface area contributed by atoms with Crippen molar-refractivity contribution in [2.75, 3.05) is 13.1 Å². The maximum atomic E-state index is 12.1. The average molecular weight is 217 g/mol. The zero-order chi connectivity index (χ0) is 11.5. The normalized spacial score (nSPS) is 10.6. The third-order valence-corrected chi connectivity index (χ3v) is 2.71. The molecule has 16 heavy (non-hydrogen) atoms. The molecule has 2 rings (SSSR count).